The number of esters is 1. The summed E-state index contributed by atoms with van der Waals surface area (Å²) in [5, 5.41) is 0.528. The fraction of sp³-hybridized carbons (Fsp3) is 0.296. The molecule has 1 atom stereocenters. The lowest BCUT2D eigenvalue weighted by Gasteiger charge is -2.23. The van der Waals surface area contributed by atoms with E-state index in [0.717, 1.165) is 3.57 Å². The van der Waals surface area contributed by atoms with Gasteiger partial charge >= 0.3 is 5.97 Å². The summed E-state index contributed by atoms with van der Waals surface area (Å²) in [5.74, 6) is 1.16. The number of carbonyl (C=O) groups excluding carboxylic acids is 1. The van der Waals surface area contributed by atoms with E-state index in [1.165, 1.54) is 29.2 Å². The van der Waals surface area contributed by atoms with Gasteiger partial charge in [0.25, 0.3) is 5.56 Å². The standard InChI is InChI=1S/C27H26ClIN2O6S/c1-5-35-20-9-8-15(11-21(20)36-6-2)23-18(26(33)34-4)14-30-27-31(23)25(32)22(38-27)12-16-10-17(28)13-19(29)24(16)37-7-3/h8-14,23H,5-7H2,1-4H3/b22-12+/t23-/m0/s1. The third kappa shape index (κ3) is 5.62. The molecule has 3 aromatic rings. The minimum Gasteiger partial charge on any atom is -0.492 e. The van der Waals surface area contributed by atoms with Crippen LogP contribution in [0, 0.1) is 3.57 Å². The molecule has 0 saturated carbocycles. The van der Waals surface area contributed by atoms with Crippen LogP contribution < -0.4 is 29.1 Å². The molecule has 0 spiro atoms. The van der Waals surface area contributed by atoms with Crippen molar-refractivity contribution in [2.45, 2.75) is 26.8 Å². The van der Waals surface area contributed by atoms with Crippen LogP contribution in [0.1, 0.15) is 37.9 Å². The van der Waals surface area contributed by atoms with Crippen LogP contribution in [0.25, 0.3) is 6.08 Å². The average Bonchev–Trinajstić information content (AvgIpc) is 3.21. The Morgan fingerprint density at radius 1 is 1.11 bits per heavy atom. The first-order valence-corrected chi connectivity index (χ1v) is 14.2. The molecule has 0 aliphatic carbocycles. The molecule has 0 saturated heterocycles. The monoisotopic (exact) mass is 668 g/mol. The van der Waals surface area contributed by atoms with Gasteiger partial charge in [-0.25, -0.2) is 9.79 Å². The Bertz CT molecular complexity index is 1580. The maximum Gasteiger partial charge on any atom is 0.337 e. The number of thiazole rings is 1. The quantitative estimate of drug-likeness (QED) is 0.247. The second kappa shape index (κ2) is 12.4. The Morgan fingerprint density at radius 3 is 2.50 bits per heavy atom. The highest BCUT2D eigenvalue weighted by atomic mass is 127. The normalized spacial score (nSPS) is 14.8. The minimum atomic E-state index is -0.776. The first-order chi connectivity index (χ1) is 18.3. The Kier molecular flexibility index (Phi) is 9.16. The lowest BCUT2D eigenvalue weighted by atomic mass is 9.97. The number of aromatic nitrogens is 1. The molecule has 0 N–H and O–H groups in total. The molecule has 0 bridgehead atoms. The van der Waals surface area contributed by atoms with Gasteiger partial charge in [0.2, 0.25) is 0 Å². The highest BCUT2D eigenvalue weighted by Crippen LogP contribution is 2.35. The maximum absolute atomic E-state index is 13.8. The van der Waals surface area contributed by atoms with E-state index in [-0.39, 0.29) is 11.1 Å². The van der Waals surface area contributed by atoms with Crippen LogP contribution in [-0.2, 0) is 9.53 Å². The summed E-state index contributed by atoms with van der Waals surface area (Å²) in [4.78, 5) is 31.5. The number of halogens is 2. The number of carbonyl (C=O) groups is 1. The first-order valence-electron chi connectivity index (χ1n) is 11.9. The van der Waals surface area contributed by atoms with Crippen molar-refractivity contribution >= 4 is 57.6 Å². The smallest absolute Gasteiger partial charge is 0.337 e. The molecular weight excluding hydrogens is 643 g/mol. The van der Waals surface area contributed by atoms with Crippen LogP contribution in [0.15, 0.2) is 51.9 Å². The van der Waals surface area contributed by atoms with Gasteiger partial charge < -0.3 is 18.9 Å². The summed E-state index contributed by atoms with van der Waals surface area (Å²) in [5.41, 5.74) is 1.25. The van der Waals surface area contributed by atoms with Crippen LogP contribution in [-0.4, -0.2) is 37.5 Å². The van der Waals surface area contributed by atoms with Gasteiger partial charge in [-0.05, 0) is 79.3 Å². The molecule has 1 aliphatic rings. The van der Waals surface area contributed by atoms with Gasteiger partial charge in [-0.15, -0.1) is 0 Å². The van der Waals surface area contributed by atoms with Crippen molar-refractivity contribution in [2.75, 3.05) is 26.9 Å². The van der Waals surface area contributed by atoms with Crippen LogP contribution >= 0.6 is 45.5 Å². The molecule has 38 heavy (non-hydrogen) atoms. The second-order valence-corrected chi connectivity index (χ2v) is 10.6. The Labute approximate surface area is 242 Å². The number of ether oxygens (including phenoxy) is 4. The topological polar surface area (TPSA) is 88.4 Å². The molecular formula is C27H26ClIN2O6S. The van der Waals surface area contributed by atoms with Gasteiger partial charge in [-0.1, -0.05) is 29.0 Å². The fourth-order valence-electron chi connectivity index (χ4n) is 4.11. The number of hydrogen-bond donors (Lipinski definition) is 0. The number of rotatable bonds is 9. The number of hydrogen-bond acceptors (Lipinski definition) is 8. The molecule has 1 aromatic heterocycles. The lowest BCUT2D eigenvalue weighted by Crippen LogP contribution is -2.39. The summed E-state index contributed by atoms with van der Waals surface area (Å²) in [6, 6.07) is 8.15. The summed E-state index contributed by atoms with van der Waals surface area (Å²) in [6.45, 7) is 7.00. The van der Waals surface area contributed by atoms with E-state index in [0.29, 0.717) is 62.6 Å². The first kappa shape index (κ1) is 28.2. The van der Waals surface area contributed by atoms with Crippen LogP contribution in [0.2, 0.25) is 5.02 Å². The highest BCUT2D eigenvalue weighted by molar-refractivity contribution is 14.1. The van der Waals surface area contributed by atoms with E-state index in [1.807, 2.05) is 26.8 Å². The molecule has 4 rings (SSSR count). The number of benzene rings is 2. The molecule has 8 nitrogen and oxygen atoms in total. The third-order valence-electron chi connectivity index (χ3n) is 5.62. The van der Waals surface area contributed by atoms with Gasteiger partial charge in [0.15, 0.2) is 16.3 Å². The lowest BCUT2D eigenvalue weighted by molar-refractivity contribution is -0.136. The van der Waals surface area contributed by atoms with Crippen LogP contribution in [0.4, 0.5) is 0 Å². The molecule has 2 heterocycles. The van der Waals surface area contributed by atoms with E-state index >= 15 is 0 Å². The fourth-order valence-corrected chi connectivity index (χ4v) is 6.29. The molecule has 0 fully saturated rings. The van der Waals surface area contributed by atoms with Gasteiger partial charge in [-0.2, -0.15) is 0 Å². The highest BCUT2D eigenvalue weighted by Gasteiger charge is 2.31. The predicted molar refractivity (Wildman–Crippen MR) is 155 cm³/mol. The zero-order valence-electron chi connectivity index (χ0n) is 21.2. The van der Waals surface area contributed by atoms with Crippen molar-refractivity contribution in [1.82, 2.24) is 4.57 Å². The Balaban J connectivity index is 1.94. The molecule has 11 heteroatoms. The van der Waals surface area contributed by atoms with Crippen molar-refractivity contribution in [3.05, 3.63) is 81.5 Å². The predicted octanol–water partition coefficient (Wildman–Crippen LogP) is 4.47. The minimum absolute atomic E-state index is 0.227. The van der Waals surface area contributed by atoms with Gasteiger partial charge in [0, 0.05) is 16.8 Å². The molecule has 0 amide bonds. The largest absolute Gasteiger partial charge is 0.492 e. The van der Waals surface area contributed by atoms with E-state index < -0.39 is 12.0 Å². The molecule has 0 radical (unpaired) electrons. The average molecular weight is 669 g/mol. The van der Waals surface area contributed by atoms with Gasteiger partial charge in [0.1, 0.15) is 5.75 Å². The molecule has 0 unspecified atom stereocenters. The number of fused-ring (bicyclic) bond motifs is 1. The molecule has 2 aromatic carbocycles. The van der Waals surface area contributed by atoms with Crippen LogP contribution in [0.3, 0.4) is 0 Å². The van der Waals surface area contributed by atoms with Crippen molar-refractivity contribution < 1.29 is 23.7 Å². The maximum atomic E-state index is 13.8. The van der Waals surface area contributed by atoms with Crippen molar-refractivity contribution in [2.24, 2.45) is 4.99 Å². The zero-order chi connectivity index (χ0) is 27.4. The van der Waals surface area contributed by atoms with Crippen LogP contribution in [0.5, 0.6) is 17.2 Å². The summed E-state index contributed by atoms with van der Waals surface area (Å²) >= 11 is 9.69. The van der Waals surface area contributed by atoms with E-state index in [2.05, 4.69) is 27.6 Å². The van der Waals surface area contributed by atoms with Gasteiger partial charge in [-0.3, -0.25) is 9.36 Å². The Hall–Kier alpha value is -2.83. The molecule has 200 valence electrons. The Morgan fingerprint density at radius 2 is 1.82 bits per heavy atom. The summed E-state index contributed by atoms with van der Waals surface area (Å²) in [7, 11) is 1.30. The van der Waals surface area contributed by atoms with Crippen molar-refractivity contribution in [3.8, 4) is 17.2 Å². The molecule has 1 aliphatic heterocycles. The van der Waals surface area contributed by atoms with Gasteiger partial charge in [0.05, 0.1) is 46.6 Å². The van der Waals surface area contributed by atoms with E-state index in [9.17, 15) is 9.59 Å². The second-order valence-electron chi connectivity index (χ2n) is 7.99. The van der Waals surface area contributed by atoms with E-state index in [4.69, 9.17) is 30.5 Å². The van der Waals surface area contributed by atoms with Crippen molar-refractivity contribution in [1.29, 1.82) is 0 Å². The third-order valence-corrected chi connectivity index (χ3v) is 7.64. The zero-order valence-corrected chi connectivity index (χ0v) is 25.0. The number of methoxy groups -OCH3 is 1. The SMILES string of the molecule is CCOc1ccc([C@H]2C(C(=O)OC)=CN=c3s/c(=C/c4cc(Cl)cc(I)c4OCC)c(=O)n32)cc1OCC. The van der Waals surface area contributed by atoms with E-state index in [1.54, 1.807) is 30.3 Å². The summed E-state index contributed by atoms with van der Waals surface area (Å²) < 4.78 is 25.1. The summed E-state index contributed by atoms with van der Waals surface area (Å²) in [6.07, 6.45) is 3.20. The number of nitrogens with zero attached hydrogens (tertiary/aromatic N) is 2. The van der Waals surface area contributed by atoms with Crippen molar-refractivity contribution in [3.63, 3.8) is 0 Å².